The standard InChI is InChI=1S/C25H30N2O2/c1-29-21-10-11-23-22(16-21)25(18-27(23)24(28)20-8-5-9-20)12-14-26(15-13-25)17-19-6-3-2-4-7-19/h2-4,6-7,10-11,16,20H,5,8-9,12-15,17-18H2,1H3. The zero-order chi connectivity index (χ0) is 19.8. The third-order valence-electron chi connectivity index (χ3n) is 7.31. The van der Waals surface area contributed by atoms with Gasteiger partial charge in [-0.05, 0) is 68.1 Å². The van der Waals surface area contributed by atoms with Crippen molar-refractivity contribution in [3.05, 3.63) is 59.7 Å². The van der Waals surface area contributed by atoms with Gasteiger partial charge < -0.3 is 9.64 Å². The fraction of sp³-hybridized carbons (Fsp3) is 0.480. The molecule has 1 spiro atoms. The van der Waals surface area contributed by atoms with Crippen LogP contribution in [0.15, 0.2) is 48.5 Å². The summed E-state index contributed by atoms with van der Waals surface area (Å²) in [7, 11) is 1.73. The molecular formula is C25H30N2O2. The van der Waals surface area contributed by atoms with Gasteiger partial charge in [-0.3, -0.25) is 9.69 Å². The van der Waals surface area contributed by atoms with Gasteiger partial charge in [-0.25, -0.2) is 0 Å². The van der Waals surface area contributed by atoms with E-state index < -0.39 is 0 Å². The van der Waals surface area contributed by atoms with Crippen molar-refractivity contribution in [1.29, 1.82) is 0 Å². The molecule has 2 heterocycles. The van der Waals surface area contributed by atoms with Crippen LogP contribution in [0.4, 0.5) is 5.69 Å². The topological polar surface area (TPSA) is 32.8 Å². The maximum absolute atomic E-state index is 13.2. The highest BCUT2D eigenvalue weighted by molar-refractivity contribution is 5.98. The highest BCUT2D eigenvalue weighted by Gasteiger charge is 2.47. The smallest absolute Gasteiger partial charge is 0.230 e. The van der Waals surface area contributed by atoms with Crippen LogP contribution in [0, 0.1) is 5.92 Å². The van der Waals surface area contributed by atoms with Crippen LogP contribution in [0.1, 0.15) is 43.2 Å². The summed E-state index contributed by atoms with van der Waals surface area (Å²) in [5, 5.41) is 0. The second-order valence-corrected chi connectivity index (χ2v) is 8.98. The number of piperidine rings is 1. The van der Waals surface area contributed by atoms with Crippen molar-refractivity contribution in [3.8, 4) is 5.75 Å². The van der Waals surface area contributed by atoms with Gasteiger partial charge in [0.15, 0.2) is 0 Å². The lowest BCUT2D eigenvalue weighted by Crippen LogP contribution is -2.47. The predicted octanol–water partition coefficient (Wildman–Crippen LogP) is 4.38. The third kappa shape index (κ3) is 3.33. The Balaban J connectivity index is 1.38. The third-order valence-corrected chi connectivity index (χ3v) is 7.31. The Bertz CT molecular complexity index is 883. The molecule has 0 aromatic heterocycles. The summed E-state index contributed by atoms with van der Waals surface area (Å²) in [6.45, 7) is 3.98. The second-order valence-electron chi connectivity index (χ2n) is 8.98. The number of amides is 1. The van der Waals surface area contributed by atoms with Crippen molar-refractivity contribution in [1.82, 2.24) is 4.90 Å². The van der Waals surface area contributed by atoms with E-state index in [1.807, 2.05) is 6.07 Å². The Kier molecular flexibility index (Phi) is 4.83. The zero-order valence-corrected chi connectivity index (χ0v) is 17.3. The Hall–Kier alpha value is -2.33. The number of rotatable bonds is 4. The molecule has 152 valence electrons. The van der Waals surface area contributed by atoms with Crippen LogP contribution in [0.2, 0.25) is 0 Å². The summed E-state index contributed by atoms with van der Waals surface area (Å²) in [5.74, 6) is 1.47. The van der Waals surface area contributed by atoms with Gasteiger partial charge in [-0.1, -0.05) is 36.8 Å². The van der Waals surface area contributed by atoms with Gasteiger partial charge in [0.2, 0.25) is 5.91 Å². The fourth-order valence-corrected chi connectivity index (χ4v) is 5.26. The molecule has 0 atom stereocenters. The van der Waals surface area contributed by atoms with Crippen LogP contribution < -0.4 is 9.64 Å². The van der Waals surface area contributed by atoms with Crippen LogP contribution in [-0.2, 0) is 16.8 Å². The van der Waals surface area contributed by atoms with E-state index in [0.29, 0.717) is 5.91 Å². The molecule has 2 aromatic rings. The Morgan fingerprint density at radius 2 is 1.86 bits per heavy atom. The Morgan fingerprint density at radius 3 is 2.52 bits per heavy atom. The molecule has 1 saturated heterocycles. The summed E-state index contributed by atoms with van der Waals surface area (Å²) in [5.41, 5.74) is 3.89. The maximum Gasteiger partial charge on any atom is 0.230 e. The average molecular weight is 391 g/mol. The van der Waals surface area contributed by atoms with Gasteiger partial charge in [-0.2, -0.15) is 0 Å². The summed E-state index contributed by atoms with van der Waals surface area (Å²) < 4.78 is 5.54. The van der Waals surface area contributed by atoms with E-state index in [2.05, 4.69) is 52.3 Å². The monoisotopic (exact) mass is 390 g/mol. The summed E-state index contributed by atoms with van der Waals surface area (Å²) in [6.07, 6.45) is 5.49. The number of carbonyl (C=O) groups excluding carboxylic acids is 1. The van der Waals surface area contributed by atoms with Crippen molar-refractivity contribution in [2.45, 2.75) is 44.1 Å². The van der Waals surface area contributed by atoms with Crippen molar-refractivity contribution < 1.29 is 9.53 Å². The number of fused-ring (bicyclic) bond motifs is 2. The number of likely N-dealkylation sites (tertiary alicyclic amines) is 1. The van der Waals surface area contributed by atoms with E-state index >= 15 is 0 Å². The first-order valence-electron chi connectivity index (χ1n) is 10.9. The lowest BCUT2D eigenvalue weighted by Gasteiger charge is -2.40. The molecule has 0 bridgehead atoms. The first kappa shape index (κ1) is 18.7. The minimum absolute atomic E-state index is 0.0659. The van der Waals surface area contributed by atoms with Gasteiger partial charge in [0, 0.05) is 30.1 Å². The van der Waals surface area contributed by atoms with E-state index in [1.165, 1.54) is 17.5 Å². The van der Waals surface area contributed by atoms with E-state index in [1.54, 1.807) is 7.11 Å². The minimum Gasteiger partial charge on any atom is -0.497 e. The van der Waals surface area contributed by atoms with Crippen LogP contribution in [0.3, 0.4) is 0 Å². The maximum atomic E-state index is 13.2. The molecule has 5 rings (SSSR count). The highest BCUT2D eigenvalue weighted by atomic mass is 16.5. The van der Waals surface area contributed by atoms with Gasteiger partial charge in [-0.15, -0.1) is 0 Å². The first-order valence-corrected chi connectivity index (χ1v) is 10.9. The van der Waals surface area contributed by atoms with Crippen molar-refractivity contribution >= 4 is 11.6 Å². The molecule has 0 radical (unpaired) electrons. The molecule has 2 fully saturated rings. The number of nitrogens with zero attached hydrogens (tertiary/aromatic N) is 2. The Labute approximate surface area is 173 Å². The summed E-state index contributed by atoms with van der Waals surface area (Å²) in [6, 6.07) is 17.0. The van der Waals surface area contributed by atoms with E-state index in [4.69, 9.17) is 4.74 Å². The normalized spacial score (nSPS) is 21.1. The van der Waals surface area contributed by atoms with Crippen molar-refractivity contribution in [2.24, 2.45) is 5.92 Å². The molecule has 1 aliphatic carbocycles. The van der Waals surface area contributed by atoms with E-state index in [-0.39, 0.29) is 11.3 Å². The van der Waals surface area contributed by atoms with Crippen LogP contribution in [0.5, 0.6) is 5.75 Å². The molecular weight excluding hydrogens is 360 g/mol. The predicted molar refractivity (Wildman–Crippen MR) is 115 cm³/mol. The number of ether oxygens (including phenoxy) is 1. The number of hydrogen-bond acceptors (Lipinski definition) is 3. The number of carbonyl (C=O) groups is 1. The lowest BCUT2D eigenvalue weighted by atomic mass is 9.74. The fourth-order valence-electron chi connectivity index (χ4n) is 5.26. The number of methoxy groups -OCH3 is 1. The van der Waals surface area contributed by atoms with Gasteiger partial charge in [0.1, 0.15) is 5.75 Å². The summed E-state index contributed by atoms with van der Waals surface area (Å²) in [4.78, 5) is 17.8. The molecule has 0 unspecified atom stereocenters. The number of hydrogen-bond donors (Lipinski definition) is 0. The van der Waals surface area contributed by atoms with E-state index in [0.717, 1.165) is 63.3 Å². The molecule has 0 N–H and O–H groups in total. The molecule has 2 aliphatic heterocycles. The van der Waals surface area contributed by atoms with E-state index in [9.17, 15) is 4.79 Å². The highest BCUT2D eigenvalue weighted by Crippen LogP contribution is 2.49. The second kappa shape index (κ2) is 7.49. The lowest BCUT2D eigenvalue weighted by molar-refractivity contribution is -0.124. The summed E-state index contributed by atoms with van der Waals surface area (Å²) >= 11 is 0. The number of anilines is 1. The van der Waals surface area contributed by atoms with Crippen LogP contribution >= 0.6 is 0 Å². The van der Waals surface area contributed by atoms with Gasteiger partial charge in [0.05, 0.1) is 7.11 Å². The minimum atomic E-state index is 0.0659. The SMILES string of the molecule is COc1ccc2c(c1)C1(CCN(Cc3ccccc3)CC1)CN2C(=O)C1CCC1. The van der Waals surface area contributed by atoms with Crippen molar-refractivity contribution in [2.75, 3.05) is 31.6 Å². The van der Waals surface area contributed by atoms with Crippen LogP contribution in [0.25, 0.3) is 0 Å². The van der Waals surface area contributed by atoms with Gasteiger partial charge in [0.25, 0.3) is 0 Å². The molecule has 2 aromatic carbocycles. The quantitative estimate of drug-likeness (QED) is 0.777. The average Bonchev–Trinajstić information content (AvgIpc) is 3.03. The number of benzene rings is 2. The largest absolute Gasteiger partial charge is 0.497 e. The molecule has 29 heavy (non-hydrogen) atoms. The van der Waals surface area contributed by atoms with Gasteiger partial charge >= 0.3 is 0 Å². The first-order chi connectivity index (χ1) is 14.2. The molecule has 1 saturated carbocycles. The van der Waals surface area contributed by atoms with Crippen molar-refractivity contribution in [3.63, 3.8) is 0 Å². The molecule has 4 nitrogen and oxygen atoms in total. The molecule has 3 aliphatic rings. The van der Waals surface area contributed by atoms with Crippen LogP contribution in [-0.4, -0.2) is 37.6 Å². The Morgan fingerprint density at radius 1 is 1.10 bits per heavy atom. The zero-order valence-electron chi connectivity index (χ0n) is 17.3. The molecule has 1 amide bonds. The molecule has 4 heteroatoms.